The Kier molecular flexibility index (Phi) is 2.32. The topological polar surface area (TPSA) is 64.9 Å². The lowest BCUT2D eigenvalue weighted by atomic mass is 10.1. The molecule has 4 nitrogen and oxygen atoms in total. The van der Waals surface area contributed by atoms with Gasteiger partial charge < -0.3 is 10.2 Å². The van der Waals surface area contributed by atoms with Gasteiger partial charge in [0.2, 0.25) is 5.89 Å². The van der Waals surface area contributed by atoms with E-state index in [4.69, 9.17) is 10.2 Å². The molecule has 78 valence electrons. The third-order valence-corrected chi connectivity index (χ3v) is 1.85. The van der Waals surface area contributed by atoms with Crippen LogP contribution in [0.5, 0.6) is 0 Å². The largest absolute Gasteiger partial charge is 0.404 e. The Hall–Kier alpha value is -1.98. The Morgan fingerprint density at radius 1 is 1.13 bits per heavy atom. The van der Waals surface area contributed by atoms with Gasteiger partial charge in [-0.15, -0.1) is 5.10 Å². The highest BCUT2D eigenvalue weighted by molar-refractivity contribution is 5.53. The summed E-state index contributed by atoms with van der Waals surface area (Å²) in [5, 5.41) is 7.09. The molecule has 1 aromatic heterocycles. The number of rotatable bonds is 2. The smallest absolute Gasteiger partial charge is 0.313 e. The molecular weight excluding hydrogens is 204 g/mol. The summed E-state index contributed by atoms with van der Waals surface area (Å²) in [5.74, 6) is 0.216. The minimum absolute atomic E-state index is 0.0498. The molecule has 0 unspecified atom stereocenters. The number of nitrogen functional groups attached to an aromatic ring is 1. The summed E-state index contributed by atoms with van der Waals surface area (Å²) < 4.78 is 29.4. The van der Waals surface area contributed by atoms with Crippen LogP contribution in [0.15, 0.2) is 28.7 Å². The van der Waals surface area contributed by atoms with Gasteiger partial charge >= 0.3 is 6.01 Å². The molecule has 2 aromatic rings. The van der Waals surface area contributed by atoms with Crippen LogP contribution in [0, 0.1) is 0 Å². The molecule has 0 fully saturated rings. The van der Waals surface area contributed by atoms with Gasteiger partial charge in [-0.1, -0.05) is 17.2 Å². The fraction of sp³-hybridized carbons (Fsp3) is 0.111. The van der Waals surface area contributed by atoms with Crippen LogP contribution >= 0.6 is 0 Å². The number of halogens is 2. The van der Waals surface area contributed by atoms with Crippen LogP contribution in [0.2, 0.25) is 0 Å². The maximum absolute atomic E-state index is 12.2. The van der Waals surface area contributed by atoms with Crippen molar-refractivity contribution in [3.05, 3.63) is 29.8 Å². The highest BCUT2D eigenvalue weighted by Gasteiger charge is 2.09. The fourth-order valence-electron chi connectivity index (χ4n) is 1.12. The Bertz CT molecular complexity index is 453. The van der Waals surface area contributed by atoms with E-state index in [9.17, 15) is 8.78 Å². The molecule has 2 N–H and O–H groups in total. The average Bonchev–Trinajstić information content (AvgIpc) is 2.65. The summed E-state index contributed by atoms with van der Waals surface area (Å²) >= 11 is 0. The third kappa shape index (κ3) is 1.93. The lowest BCUT2D eigenvalue weighted by Gasteiger charge is -1.99. The maximum atomic E-state index is 12.2. The minimum Gasteiger partial charge on any atom is -0.404 e. The summed E-state index contributed by atoms with van der Waals surface area (Å²) in [6.07, 6.45) is -2.48. The van der Waals surface area contributed by atoms with Crippen molar-refractivity contribution in [1.82, 2.24) is 10.2 Å². The number of nitrogens with zero attached hydrogens (tertiary/aromatic N) is 2. The second-order valence-electron chi connectivity index (χ2n) is 2.87. The molecule has 0 saturated heterocycles. The zero-order valence-electron chi connectivity index (χ0n) is 7.52. The van der Waals surface area contributed by atoms with Crippen LogP contribution in [0.4, 0.5) is 14.8 Å². The Labute approximate surface area is 83.7 Å². The van der Waals surface area contributed by atoms with Gasteiger partial charge in [0.25, 0.3) is 6.43 Å². The van der Waals surface area contributed by atoms with Gasteiger partial charge in [-0.25, -0.2) is 8.78 Å². The molecule has 0 bridgehead atoms. The zero-order chi connectivity index (χ0) is 10.8. The summed E-state index contributed by atoms with van der Waals surface area (Å²) in [6, 6.07) is 5.52. The van der Waals surface area contributed by atoms with E-state index < -0.39 is 6.43 Å². The van der Waals surface area contributed by atoms with Crippen LogP contribution in [-0.2, 0) is 0 Å². The zero-order valence-corrected chi connectivity index (χ0v) is 7.52. The van der Waals surface area contributed by atoms with Crippen LogP contribution in [0.25, 0.3) is 11.5 Å². The number of anilines is 1. The number of aromatic nitrogens is 2. The van der Waals surface area contributed by atoms with E-state index in [1.54, 1.807) is 0 Å². The van der Waals surface area contributed by atoms with Crippen molar-refractivity contribution >= 4 is 6.01 Å². The number of nitrogens with two attached hydrogens (primary N) is 1. The monoisotopic (exact) mass is 211 g/mol. The van der Waals surface area contributed by atoms with E-state index in [0.29, 0.717) is 5.56 Å². The molecule has 0 spiro atoms. The quantitative estimate of drug-likeness (QED) is 0.827. The third-order valence-electron chi connectivity index (χ3n) is 1.85. The van der Waals surface area contributed by atoms with Gasteiger partial charge in [0.15, 0.2) is 0 Å². The second-order valence-corrected chi connectivity index (χ2v) is 2.87. The van der Waals surface area contributed by atoms with Crippen molar-refractivity contribution in [3.8, 4) is 11.5 Å². The Morgan fingerprint density at radius 2 is 1.80 bits per heavy atom. The van der Waals surface area contributed by atoms with E-state index in [1.165, 1.54) is 24.3 Å². The SMILES string of the molecule is Nc1nnc(-c2ccc(C(F)F)cc2)o1. The molecular formula is C9H7F2N3O. The highest BCUT2D eigenvalue weighted by Crippen LogP contribution is 2.23. The standard InChI is InChI=1S/C9H7F2N3O/c10-7(11)5-1-3-6(4-2-5)8-13-14-9(12)15-8/h1-4,7H,(H2,12,14). The van der Waals surface area contributed by atoms with Gasteiger partial charge in [0, 0.05) is 11.1 Å². The molecule has 1 heterocycles. The first kappa shape index (κ1) is 9.57. The average molecular weight is 211 g/mol. The van der Waals surface area contributed by atoms with Gasteiger partial charge in [-0.3, -0.25) is 0 Å². The lowest BCUT2D eigenvalue weighted by Crippen LogP contribution is -1.84. The molecule has 0 aliphatic heterocycles. The summed E-state index contributed by atoms with van der Waals surface area (Å²) in [5.41, 5.74) is 5.74. The van der Waals surface area contributed by atoms with Crippen LogP contribution < -0.4 is 5.73 Å². The molecule has 0 atom stereocenters. The molecule has 15 heavy (non-hydrogen) atoms. The van der Waals surface area contributed by atoms with Gasteiger partial charge in [-0.05, 0) is 12.1 Å². The highest BCUT2D eigenvalue weighted by atomic mass is 19.3. The van der Waals surface area contributed by atoms with Gasteiger partial charge in [0.1, 0.15) is 0 Å². The fourth-order valence-corrected chi connectivity index (χ4v) is 1.12. The normalized spacial score (nSPS) is 10.9. The van der Waals surface area contributed by atoms with Crippen molar-refractivity contribution in [3.63, 3.8) is 0 Å². The van der Waals surface area contributed by atoms with Crippen LogP contribution in [0.3, 0.4) is 0 Å². The number of benzene rings is 1. The summed E-state index contributed by atoms with van der Waals surface area (Å²) in [6.45, 7) is 0. The molecule has 6 heteroatoms. The molecule has 0 radical (unpaired) electrons. The molecule has 0 aliphatic carbocycles. The molecule has 0 saturated carbocycles. The number of alkyl halides is 2. The van der Waals surface area contributed by atoms with Crippen LogP contribution in [-0.4, -0.2) is 10.2 Å². The van der Waals surface area contributed by atoms with Gasteiger partial charge in [0.05, 0.1) is 0 Å². The molecule has 1 aromatic carbocycles. The first-order chi connectivity index (χ1) is 7.16. The maximum Gasteiger partial charge on any atom is 0.313 e. The van der Waals surface area contributed by atoms with Crippen molar-refractivity contribution in [2.24, 2.45) is 0 Å². The summed E-state index contributed by atoms with van der Waals surface area (Å²) in [7, 11) is 0. The van der Waals surface area contributed by atoms with Crippen molar-refractivity contribution in [2.75, 3.05) is 5.73 Å². The molecule has 0 amide bonds. The van der Waals surface area contributed by atoms with E-state index in [2.05, 4.69) is 10.2 Å². The first-order valence-electron chi connectivity index (χ1n) is 4.14. The lowest BCUT2D eigenvalue weighted by molar-refractivity contribution is 0.151. The Balaban J connectivity index is 2.31. The Morgan fingerprint density at radius 3 is 2.27 bits per heavy atom. The van der Waals surface area contributed by atoms with Crippen molar-refractivity contribution in [2.45, 2.75) is 6.43 Å². The molecule has 2 rings (SSSR count). The minimum atomic E-state index is -2.48. The van der Waals surface area contributed by atoms with Gasteiger partial charge in [-0.2, -0.15) is 0 Å². The van der Waals surface area contributed by atoms with E-state index in [0.717, 1.165) is 0 Å². The number of hydrogen-bond acceptors (Lipinski definition) is 4. The number of hydrogen-bond donors (Lipinski definition) is 1. The van der Waals surface area contributed by atoms with E-state index in [-0.39, 0.29) is 17.5 Å². The van der Waals surface area contributed by atoms with Crippen LogP contribution in [0.1, 0.15) is 12.0 Å². The first-order valence-corrected chi connectivity index (χ1v) is 4.14. The van der Waals surface area contributed by atoms with Crippen molar-refractivity contribution in [1.29, 1.82) is 0 Å². The second kappa shape index (κ2) is 3.64. The van der Waals surface area contributed by atoms with E-state index >= 15 is 0 Å². The predicted octanol–water partition coefficient (Wildman–Crippen LogP) is 2.26. The molecule has 0 aliphatic rings. The summed E-state index contributed by atoms with van der Waals surface area (Å²) in [4.78, 5) is 0. The predicted molar refractivity (Wildman–Crippen MR) is 49.1 cm³/mol. The van der Waals surface area contributed by atoms with Crippen molar-refractivity contribution < 1.29 is 13.2 Å². The van der Waals surface area contributed by atoms with E-state index in [1.807, 2.05) is 0 Å².